The highest BCUT2D eigenvalue weighted by Gasteiger charge is 2.09. The van der Waals surface area contributed by atoms with E-state index in [1.807, 2.05) is 31.5 Å². The molecule has 0 atom stereocenters. The minimum absolute atomic E-state index is 0.132. The lowest BCUT2D eigenvalue weighted by Gasteiger charge is -2.04. The molecule has 0 saturated heterocycles. The normalized spacial score (nSPS) is 10.3. The van der Waals surface area contributed by atoms with Gasteiger partial charge in [0, 0.05) is 27.9 Å². The van der Waals surface area contributed by atoms with Crippen LogP contribution < -0.4 is 9.88 Å². The van der Waals surface area contributed by atoms with E-state index in [2.05, 4.69) is 5.32 Å². The average molecular weight is 296 g/mol. The van der Waals surface area contributed by atoms with Crippen molar-refractivity contribution < 1.29 is 9.36 Å². The predicted molar refractivity (Wildman–Crippen MR) is 76.5 cm³/mol. The van der Waals surface area contributed by atoms with E-state index in [0.717, 1.165) is 5.56 Å². The molecule has 0 bridgehead atoms. The molecule has 19 heavy (non-hydrogen) atoms. The zero-order chi connectivity index (χ0) is 13.8. The number of carbonyl (C=O) groups is 1. The van der Waals surface area contributed by atoms with Gasteiger partial charge in [-0.2, -0.15) is 4.57 Å². The van der Waals surface area contributed by atoms with E-state index in [0.29, 0.717) is 15.7 Å². The molecule has 0 unspecified atom stereocenters. The molecule has 0 aliphatic carbocycles. The third-order valence-electron chi connectivity index (χ3n) is 2.53. The maximum absolute atomic E-state index is 11.9. The van der Waals surface area contributed by atoms with Crippen molar-refractivity contribution in [3.63, 3.8) is 0 Å². The van der Waals surface area contributed by atoms with Crippen molar-refractivity contribution in [1.29, 1.82) is 0 Å². The van der Waals surface area contributed by atoms with Crippen LogP contribution in [0.4, 0.5) is 5.69 Å². The Bertz CT molecular complexity index is 577. The quantitative estimate of drug-likeness (QED) is 0.867. The van der Waals surface area contributed by atoms with Gasteiger partial charge in [-0.15, -0.1) is 0 Å². The Morgan fingerprint density at radius 2 is 1.74 bits per heavy atom. The van der Waals surface area contributed by atoms with Crippen molar-refractivity contribution in [2.45, 2.75) is 13.5 Å². The third kappa shape index (κ3) is 4.23. The Kier molecular flexibility index (Phi) is 4.40. The standard InChI is InChI=1S/C14H12Cl2N2O/c1-10-2-4-18(5-3-10)9-14(19)17-13-7-11(15)6-12(16)8-13/h2-8H,9H2,1H3/p+1. The maximum Gasteiger partial charge on any atom is 0.290 e. The molecule has 0 aliphatic rings. The van der Waals surface area contributed by atoms with Gasteiger partial charge in [0.2, 0.25) is 6.54 Å². The average Bonchev–Trinajstić information content (AvgIpc) is 2.30. The fourth-order valence-electron chi connectivity index (χ4n) is 1.63. The van der Waals surface area contributed by atoms with E-state index in [9.17, 15) is 4.79 Å². The molecule has 3 nitrogen and oxygen atoms in total. The Hall–Kier alpha value is -1.58. The van der Waals surface area contributed by atoms with Crippen molar-refractivity contribution in [1.82, 2.24) is 0 Å². The third-order valence-corrected chi connectivity index (χ3v) is 2.97. The van der Waals surface area contributed by atoms with Gasteiger partial charge >= 0.3 is 0 Å². The second kappa shape index (κ2) is 6.04. The van der Waals surface area contributed by atoms with Crippen LogP contribution in [-0.2, 0) is 11.3 Å². The highest BCUT2D eigenvalue weighted by molar-refractivity contribution is 6.35. The predicted octanol–water partition coefficient (Wildman–Crippen LogP) is 3.23. The van der Waals surface area contributed by atoms with Gasteiger partial charge in [-0.3, -0.25) is 4.79 Å². The zero-order valence-corrected chi connectivity index (χ0v) is 11.9. The zero-order valence-electron chi connectivity index (χ0n) is 10.4. The van der Waals surface area contributed by atoms with Gasteiger partial charge in [0.15, 0.2) is 12.4 Å². The van der Waals surface area contributed by atoms with Gasteiger partial charge in [0.1, 0.15) is 0 Å². The summed E-state index contributed by atoms with van der Waals surface area (Å²) in [5.74, 6) is -0.132. The van der Waals surface area contributed by atoms with Gasteiger partial charge in [-0.1, -0.05) is 23.2 Å². The van der Waals surface area contributed by atoms with Crippen molar-refractivity contribution in [3.05, 3.63) is 58.3 Å². The first-order valence-corrected chi connectivity index (χ1v) is 6.50. The lowest BCUT2D eigenvalue weighted by atomic mass is 10.3. The summed E-state index contributed by atoms with van der Waals surface area (Å²) < 4.78 is 1.80. The Balaban J connectivity index is 2.03. The van der Waals surface area contributed by atoms with Crippen LogP contribution in [0.5, 0.6) is 0 Å². The molecular formula is C14H13Cl2N2O+. The van der Waals surface area contributed by atoms with Crippen molar-refractivity contribution in [2.75, 3.05) is 5.32 Å². The molecule has 0 fully saturated rings. The van der Waals surface area contributed by atoms with E-state index in [1.165, 1.54) is 0 Å². The first kappa shape index (κ1) is 13.8. The van der Waals surface area contributed by atoms with Gasteiger partial charge in [0.25, 0.3) is 5.91 Å². The highest BCUT2D eigenvalue weighted by atomic mass is 35.5. The molecule has 1 heterocycles. The molecule has 0 aliphatic heterocycles. The van der Waals surface area contributed by atoms with E-state index in [-0.39, 0.29) is 12.5 Å². The Morgan fingerprint density at radius 3 is 2.32 bits per heavy atom. The number of benzene rings is 1. The smallest absolute Gasteiger partial charge is 0.290 e. The van der Waals surface area contributed by atoms with E-state index < -0.39 is 0 Å². The second-order valence-corrected chi connectivity index (χ2v) is 5.13. The minimum Gasteiger partial charge on any atom is -0.320 e. The number of nitrogens with zero attached hydrogens (tertiary/aromatic N) is 1. The summed E-state index contributed by atoms with van der Waals surface area (Å²) in [6.45, 7) is 2.24. The summed E-state index contributed by atoms with van der Waals surface area (Å²) in [4.78, 5) is 11.9. The monoisotopic (exact) mass is 295 g/mol. The molecule has 1 aromatic heterocycles. The van der Waals surface area contributed by atoms with Crippen LogP contribution in [0.1, 0.15) is 5.56 Å². The minimum atomic E-state index is -0.132. The number of hydrogen-bond acceptors (Lipinski definition) is 1. The number of carbonyl (C=O) groups excluding carboxylic acids is 1. The van der Waals surface area contributed by atoms with Gasteiger partial charge in [0.05, 0.1) is 0 Å². The largest absolute Gasteiger partial charge is 0.320 e. The van der Waals surface area contributed by atoms with Crippen molar-refractivity contribution in [2.24, 2.45) is 0 Å². The number of hydrogen-bond donors (Lipinski definition) is 1. The topological polar surface area (TPSA) is 33.0 Å². The lowest BCUT2D eigenvalue weighted by Crippen LogP contribution is -2.39. The Labute approximate surface area is 121 Å². The summed E-state index contributed by atoms with van der Waals surface area (Å²) in [5.41, 5.74) is 1.74. The summed E-state index contributed by atoms with van der Waals surface area (Å²) in [6.07, 6.45) is 3.72. The number of nitrogens with one attached hydrogen (secondary N) is 1. The van der Waals surface area contributed by atoms with Crippen LogP contribution >= 0.6 is 23.2 Å². The molecule has 2 aromatic rings. The van der Waals surface area contributed by atoms with E-state index in [1.54, 1.807) is 22.8 Å². The first-order chi connectivity index (χ1) is 9.02. The summed E-state index contributed by atoms with van der Waals surface area (Å²) in [6, 6.07) is 8.83. The number of aromatic nitrogens is 1. The number of amides is 1. The fourth-order valence-corrected chi connectivity index (χ4v) is 2.16. The highest BCUT2D eigenvalue weighted by Crippen LogP contribution is 2.22. The summed E-state index contributed by atoms with van der Waals surface area (Å²) in [7, 11) is 0. The Morgan fingerprint density at radius 1 is 1.16 bits per heavy atom. The van der Waals surface area contributed by atoms with Crippen molar-refractivity contribution in [3.8, 4) is 0 Å². The van der Waals surface area contributed by atoms with Crippen LogP contribution in [0.3, 0.4) is 0 Å². The fraction of sp³-hybridized carbons (Fsp3) is 0.143. The molecule has 0 spiro atoms. The SMILES string of the molecule is Cc1cc[n+](CC(=O)Nc2cc(Cl)cc(Cl)c2)cc1. The van der Waals surface area contributed by atoms with E-state index in [4.69, 9.17) is 23.2 Å². The molecule has 2 rings (SSSR count). The summed E-state index contributed by atoms with van der Waals surface area (Å²) >= 11 is 11.7. The van der Waals surface area contributed by atoms with Crippen LogP contribution in [0.2, 0.25) is 10.0 Å². The van der Waals surface area contributed by atoms with Crippen molar-refractivity contribution >= 4 is 34.8 Å². The second-order valence-electron chi connectivity index (χ2n) is 4.25. The molecule has 0 saturated carbocycles. The number of rotatable bonds is 3. The molecule has 0 radical (unpaired) electrons. The first-order valence-electron chi connectivity index (χ1n) is 5.74. The van der Waals surface area contributed by atoms with E-state index >= 15 is 0 Å². The molecule has 1 N–H and O–H groups in total. The van der Waals surface area contributed by atoms with Gasteiger partial charge < -0.3 is 5.32 Å². The van der Waals surface area contributed by atoms with Crippen LogP contribution in [-0.4, -0.2) is 5.91 Å². The number of aryl methyl sites for hydroxylation is 1. The number of halogens is 2. The van der Waals surface area contributed by atoms with Gasteiger partial charge in [-0.25, -0.2) is 0 Å². The molecule has 1 aromatic carbocycles. The van der Waals surface area contributed by atoms with Crippen LogP contribution in [0.25, 0.3) is 0 Å². The molecule has 98 valence electrons. The maximum atomic E-state index is 11.9. The lowest BCUT2D eigenvalue weighted by molar-refractivity contribution is -0.684. The number of pyridine rings is 1. The summed E-state index contributed by atoms with van der Waals surface area (Å²) in [5, 5.41) is 3.74. The van der Waals surface area contributed by atoms with Gasteiger partial charge in [-0.05, 0) is 30.7 Å². The number of anilines is 1. The molecule has 1 amide bonds. The molecular weight excluding hydrogens is 283 g/mol. The van der Waals surface area contributed by atoms with Crippen LogP contribution in [0.15, 0.2) is 42.7 Å². The van der Waals surface area contributed by atoms with Crippen LogP contribution in [0, 0.1) is 6.92 Å². The molecule has 5 heteroatoms.